The number of ether oxygens (including phenoxy) is 1. The van der Waals surface area contributed by atoms with E-state index in [2.05, 4.69) is 15.5 Å². The molecule has 0 saturated carbocycles. The molecule has 8 heteroatoms. The topological polar surface area (TPSA) is 103 Å². The number of aromatic nitrogens is 2. The van der Waals surface area contributed by atoms with Gasteiger partial charge in [0.1, 0.15) is 23.4 Å². The summed E-state index contributed by atoms with van der Waals surface area (Å²) in [4.78, 5) is 15.8. The number of methoxy groups -OCH3 is 1. The lowest BCUT2D eigenvalue weighted by molar-refractivity contribution is -0.384. The van der Waals surface area contributed by atoms with Crippen molar-refractivity contribution in [1.82, 2.24) is 10.1 Å². The Morgan fingerprint density at radius 3 is 2.47 bits per heavy atom. The van der Waals surface area contributed by atoms with Crippen molar-refractivity contribution < 1.29 is 14.2 Å². The van der Waals surface area contributed by atoms with Crippen LogP contribution in [0.15, 0.2) is 53.2 Å². The molecule has 4 rings (SSSR count). The molecule has 0 aliphatic carbocycles. The van der Waals surface area contributed by atoms with Crippen molar-refractivity contribution in [2.45, 2.75) is 33.2 Å². The summed E-state index contributed by atoms with van der Waals surface area (Å²) in [7, 11) is 1.56. The molecule has 1 N–H and O–H groups in total. The zero-order chi connectivity index (χ0) is 23.0. The minimum absolute atomic E-state index is 0.103. The fourth-order valence-electron chi connectivity index (χ4n) is 3.95. The molecule has 0 radical (unpaired) electrons. The second-order valence-electron chi connectivity index (χ2n) is 8.16. The number of pyridine rings is 1. The lowest BCUT2D eigenvalue weighted by Gasteiger charge is -2.28. The fraction of sp³-hybridized carbons (Fsp3) is 0.250. The summed E-state index contributed by atoms with van der Waals surface area (Å²) in [6, 6.07) is 13.4. The second-order valence-corrected chi connectivity index (χ2v) is 8.16. The second kappa shape index (κ2) is 7.96. The molecule has 0 atom stereocenters. The van der Waals surface area contributed by atoms with E-state index < -0.39 is 10.5 Å². The van der Waals surface area contributed by atoms with Gasteiger partial charge >= 0.3 is 5.69 Å². The van der Waals surface area contributed by atoms with Crippen LogP contribution in [0.1, 0.15) is 30.9 Å². The van der Waals surface area contributed by atoms with E-state index in [4.69, 9.17) is 9.26 Å². The number of aryl methyl sites for hydroxylation is 2. The van der Waals surface area contributed by atoms with Crippen LogP contribution >= 0.6 is 0 Å². The van der Waals surface area contributed by atoms with Crippen LogP contribution in [0, 0.1) is 24.0 Å². The van der Waals surface area contributed by atoms with E-state index >= 15 is 0 Å². The van der Waals surface area contributed by atoms with Gasteiger partial charge in [-0.3, -0.25) is 10.1 Å². The van der Waals surface area contributed by atoms with Crippen LogP contribution in [0.4, 0.5) is 11.4 Å². The van der Waals surface area contributed by atoms with E-state index in [9.17, 15) is 10.1 Å². The zero-order valence-corrected chi connectivity index (χ0v) is 18.6. The molecule has 4 aromatic rings. The summed E-state index contributed by atoms with van der Waals surface area (Å²) in [5, 5.41) is 19.9. The molecule has 0 amide bonds. The van der Waals surface area contributed by atoms with Gasteiger partial charge in [-0.05, 0) is 45.4 Å². The Morgan fingerprint density at radius 1 is 1.16 bits per heavy atom. The Balaban J connectivity index is 1.95. The van der Waals surface area contributed by atoms with Gasteiger partial charge in [0.2, 0.25) is 0 Å². The molecule has 0 unspecified atom stereocenters. The van der Waals surface area contributed by atoms with Crippen LogP contribution < -0.4 is 10.1 Å². The minimum atomic E-state index is -0.576. The molecule has 2 aromatic heterocycles. The first kappa shape index (κ1) is 21.3. The smallest absolute Gasteiger partial charge is 0.311 e. The predicted molar refractivity (Wildman–Crippen MR) is 123 cm³/mol. The average molecular weight is 432 g/mol. The molecule has 8 nitrogen and oxygen atoms in total. The molecule has 164 valence electrons. The van der Waals surface area contributed by atoms with Gasteiger partial charge in [0.15, 0.2) is 0 Å². The molecule has 32 heavy (non-hydrogen) atoms. The number of nitrogens with one attached hydrogen (secondary N) is 1. The van der Waals surface area contributed by atoms with E-state index in [0.717, 1.165) is 22.4 Å². The third-order valence-corrected chi connectivity index (χ3v) is 5.60. The maximum absolute atomic E-state index is 11.9. The Morgan fingerprint density at radius 2 is 1.88 bits per heavy atom. The third-order valence-electron chi connectivity index (χ3n) is 5.60. The highest BCUT2D eigenvalue weighted by atomic mass is 16.6. The van der Waals surface area contributed by atoms with Crippen molar-refractivity contribution in [3.8, 4) is 16.9 Å². The normalized spacial score (nSPS) is 11.5. The summed E-state index contributed by atoms with van der Waals surface area (Å²) in [6.07, 6.45) is 1.29. The largest absolute Gasteiger partial charge is 0.496 e. The predicted octanol–water partition coefficient (Wildman–Crippen LogP) is 5.77. The zero-order valence-electron chi connectivity index (χ0n) is 18.6. The number of fused-ring (bicyclic) bond motifs is 1. The van der Waals surface area contributed by atoms with E-state index in [0.29, 0.717) is 28.1 Å². The maximum Gasteiger partial charge on any atom is 0.311 e. The van der Waals surface area contributed by atoms with Crippen molar-refractivity contribution in [3.63, 3.8) is 0 Å². The number of hydrogen-bond donors (Lipinski definition) is 1. The molecule has 0 aliphatic rings. The van der Waals surface area contributed by atoms with Gasteiger partial charge in [0, 0.05) is 10.9 Å². The van der Waals surface area contributed by atoms with E-state index in [1.54, 1.807) is 13.2 Å². The van der Waals surface area contributed by atoms with Crippen molar-refractivity contribution in [3.05, 3.63) is 75.8 Å². The quantitative estimate of drug-likeness (QED) is 0.305. The Hall–Kier alpha value is -3.94. The molecule has 2 heterocycles. The summed E-state index contributed by atoms with van der Waals surface area (Å²) in [6.45, 7) is 7.65. The van der Waals surface area contributed by atoms with Crippen LogP contribution in [0.2, 0.25) is 0 Å². The van der Waals surface area contributed by atoms with Crippen molar-refractivity contribution in [1.29, 1.82) is 0 Å². The van der Waals surface area contributed by atoms with Gasteiger partial charge in [-0.2, -0.15) is 0 Å². The number of hydrogen-bond acceptors (Lipinski definition) is 7. The SMILES string of the molecule is COc1cc2c(NC(C)(C)c3ccccc3)c([N+](=O)[O-])cnc2cc1-c1c(C)noc1C. The van der Waals surface area contributed by atoms with Gasteiger partial charge in [0.05, 0.1) is 34.3 Å². The molecular formula is C24H24N4O4. The monoisotopic (exact) mass is 432 g/mol. The number of benzene rings is 2. The van der Waals surface area contributed by atoms with Crippen LogP contribution in [-0.2, 0) is 5.54 Å². The molecule has 2 aromatic carbocycles. The first-order valence-electron chi connectivity index (χ1n) is 10.1. The Bertz CT molecular complexity index is 1290. The summed E-state index contributed by atoms with van der Waals surface area (Å²) >= 11 is 0. The highest BCUT2D eigenvalue weighted by Crippen LogP contribution is 2.42. The Labute approximate surface area is 185 Å². The highest BCUT2D eigenvalue weighted by Gasteiger charge is 2.28. The number of nitrogens with zero attached hydrogens (tertiary/aromatic N) is 3. The van der Waals surface area contributed by atoms with Gasteiger partial charge in [0.25, 0.3) is 0 Å². The van der Waals surface area contributed by atoms with Crippen LogP contribution in [0.3, 0.4) is 0 Å². The standard InChI is InChI=1S/C24H24N4O4/c1-14-22(15(2)32-27-14)18-11-19-17(12-21(18)31-5)23(20(13-25-19)28(29)30)26-24(3,4)16-9-7-6-8-10-16/h6-13H,1-5H3,(H,25,26). The average Bonchev–Trinajstić information content (AvgIpc) is 3.11. The van der Waals surface area contributed by atoms with Crippen molar-refractivity contribution in [2.75, 3.05) is 12.4 Å². The molecular weight excluding hydrogens is 408 g/mol. The Kier molecular flexibility index (Phi) is 5.30. The third kappa shape index (κ3) is 3.64. The van der Waals surface area contributed by atoms with E-state index in [1.807, 2.05) is 64.1 Å². The summed E-state index contributed by atoms with van der Waals surface area (Å²) < 4.78 is 11.0. The molecule has 0 fully saturated rings. The van der Waals surface area contributed by atoms with Crippen LogP contribution in [0.5, 0.6) is 5.75 Å². The fourth-order valence-corrected chi connectivity index (χ4v) is 3.95. The first-order valence-corrected chi connectivity index (χ1v) is 10.1. The van der Waals surface area contributed by atoms with Gasteiger partial charge in [-0.15, -0.1) is 0 Å². The van der Waals surface area contributed by atoms with Gasteiger partial charge in [-0.1, -0.05) is 35.5 Å². The van der Waals surface area contributed by atoms with Crippen molar-refractivity contribution in [2.24, 2.45) is 0 Å². The first-order chi connectivity index (χ1) is 15.2. The molecule has 0 bridgehead atoms. The van der Waals surface area contributed by atoms with E-state index in [-0.39, 0.29) is 5.69 Å². The van der Waals surface area contributed by atoms with Crippen molar-refractivity contribution >= 4 is 22.3 Å². The number of anilines is 1. The van der Waals surface area contributed by atoms with Gasteiger partial charge in [-0.25, -0.2) is 4.98 Å². The highest BCUT2D eigenvalue weighted by molar-refractivity contribution is 6.00. The summed E-state index contributed by atoms with van der Waals surface area (Å²) in [5.41, 5.74) is 3.62. The number of rotatable bonds is 6. The lowest BCUT2D eigenvalue weighted by atomic mass is 9.93. The van der Waals surface area contributed by atoms with Gasteiger partial charge < -0.3 is 14.6 Å². The lowest BCUT2D eigenvalue weighted by Crippen LogP contribution is -2.28. The minimum Gasteiger partial charge on any atom is -0.496 e. The maximum atomic E-state index is 11.9. The van der Waals surface area contributed by atoms with Crippen LogP contribution in [0.25, 0.3) is 22.0 Å². The number of nitro groups is 1. The van der Waals surface area contributed by atoms with E-state index in [1.165, 1.54) is 6.20 Å². The molecule has 0 aliphatic heterocycles. The summed E-state index contributed by atoms with van der Waals surface area (Å²) in [5.74, 6) is 1.21. The molecule has 0 spiro atoms. The van der Waals surface area contributed by atoms with Crippen LogP contribution in [-0.4, -0.2) is 22.2 Å². The molecule has 0 saturated heterocycles.